The zero-order chi connectivity index (χ0) is 14.7. The molecule has 0 aliphatic heterocycles. The average Bonchev–Trinajstić information content (AvgIpc) is 2.83. The maximum absolute atomic E-state index is 6.00. The number of anilines is 1. The normalized spacial score (nSPS) is 11.2. The fraction of sp³-hybridized carbons (Fsp3) is 0.500. The van der Waals surface area contributed by atoms with Crippen molar-refractivity contribution in [3.05, 3.63) is 22.7 Å². The van der Waals surface area contributed by atoms with Crippen LogP contribution < -0.4 is 5.73 Å². The highest BCUT2D eigenvalue weighted by Gasteiger charge is 2.15. The van der Waals surface area contributed by atoms with Crippen molar-refractivity contribution >= 4 is 21.7 Å². The van der Waals surface area contributed by atoms with Gasteiger partial charge >= 0.3 is 0 Å². The first-order valence-electron chi connectivity index (χ1n) is 6.85. The summed E-state index contributed by atoms with van der Waals surface area (Å²) in [5, 5.41) is 0. The number of hydrogen-bond acceptors (Lipinski definition) is 4. The summed E-state index contributed by atoms with van der Waals surface area (Å²) in [6.45, 7) is 7.34. The zero-order valence-electron chi connectivity index (χ0n) is 12.1. The molecule has 0 fully saturated rings. The molecule has 0 saturated carbocycles. The SMILES string of the molecule is CCCn1cncc1-c1nc(N)c(Br)c(CC(C)C)n1. The minimum Gasteiger partial charge on any atom is -0.383 e. The van der Waals surface area contributed by atoms with Crippen molar-refractivity contribution in [2.75, 3.05) is 5.73 Å². The summed E-state index contributed by atoms with van der Waals surface area (Å²) in [5.74, 6) is 1.64. The number of nitrogen functional groups attached to an aromatic ring is 1. The zero-order valence-corrected chi connectivity index (χ0v) is 13.7. The van der Waals surface area contributed by atoms with Crippen molar-refractivity contribution in [2.24, 2.45) is 5.92 Å². The van der Waals surface area contributed by atoms with Gasteiger partial charge in [-0.25, -0.2) is 15.0 Å². The predicted molar refractivity (Wildman–Crippen MR) is 84.2 cm³/mol. The highest BCUT2D eigenvalue weighted by atomic mass is 79.9. The molecule has 0 spiro atoms. The van der Waals surface area contributed by atoms with Gasteiger partial charge in [-0.05, 0) is 34.7 Å². The Labute approximate surface area is 127 Å². The van der Waals surface area contributed by atoms with Gasteiger partial charge in [0.25, 0.3) is 0 Å². The number of nitrogens with two attached hydrogens (primary N) is 1. The third-order valence-electron chi connectivity index (χ3n) is 2.95. The molecule has 2 aromatic rings. The van der Waals surface area contributed by atoms with E-state index in [1.165, 1.54) is 0 Å². The van der Waals surface area contributed by atoms with Crippen molar-refractivity contribution < 1.29 is 0 Å². The Bertz CT molecular complexity index is 591. The lowest BCUT2D eigenvalue weighted by Gasteiger charge is -2.11. The largest absolute Gasteiger partial charge is 0.383 e. The number of imidazole rings is 1. The van der Waals surface area contributed by atoms with Crippen LogP contribution in [0.3, 0.4) is 0 Å². The summed E-state index contributed by atoms with van der Waals surface area (Å²) >= 11 is 3.48. The van der Waals surface area contributed by atoms with E-state index in [1.807, 2.05) is 6.33 Å². The molecule has 0 atom stereocenters. The van der Waals surface area contributed by atoms with Crippen molar-refractivity contribution in [3.8, 4) is 11.5 Å². The van der Waals surface area contributed by atoms with Gasteiger partial charge in [0, 0.05) is 6.54 Å². The first kappa shape index (κ1) is 15.0. The highest BCUT2D eigenvalue weighted by molar-refractivity contribution is 9.10. The van der Waals surface area contributed by atoms with E-state index in [0.29, 0.717) is 17.6 Å². The molecular weight excluding hydrogens is 318 g/mol. The number of aryl methyl sites for hydroxylation is 1. The van der Waals surface area contributed by atoms with Crippen molar-refractivity contribution in [3.63, 3.8) is 0 Å². The second-order valence-electron chi connectivity index (χ2n) is 5.26. The molecule has 0 aliphatic carbocycles. The first-order valence-corrected chi connectivity index (χ1v) is 7.64. The molecule has 0 aliphatic rings. The molecule has 0 saturated heterocycles. The van der Waals surface area contributed by atoms with E-state index >= 15 is 0 Å². The number of halogens is 1. The van der Waals surface area contributed by atoms with Crippen LogP contribution in [0.5, 0.6) is 0 Å². The Kier molecular flexibility index (Phi) is 4.75. The molecule has 0 unspecified atom stereocenters. The van der Waals surface area contributed by atoms with E-state index in [-0.39, 0.29) is 0 Å². The minimum absolute atomic E-state index is 0.481. The Hall–Kier alpha value is -1.43. The molecule has 2 heterocycles. The minimum atomic E-state index is 0.481. The second-order valence-corrected chi connectivity index (χ2v) is 6.06. The van der Waals surface area contributed by atoms with Crippen LogP contribution in [-0.2, 0) is 13.0 Å². The van der Waals surface area contributed by atoms with Gasteiger partial charge in [-0.2, -0.15) is 0 Å². The number of aromatic nitrogens is 4. The van der Waals surface area contributed by atoms with E-state index < -0.39 is 0 Å². The standard InChI is InChI=1S/C14H20BrN5/c1-4-5-20-8-17-7-11(20)14-18-10(6-9(2)3)12(15)13(16)19-14/h7-9H,4-6H2,1-3H3,(H2,16,18,19). The fourth-order valence-electron chi connectivity index (χ4n) is 2.08. The Morgan fingerprint density at radius 2 is 2.10 bits per heavy atom. The molecule has 5 nitrogen and oxygen atoms in total. The molecule has 0 aromatic carbocycles. The molecular formula is C14H20BrN5. The molecule has 2 rings (SSSR count). The quantitative estimate of drug-likeness (QED) is 0.908. The maximum atomic E-state index is 6.00. The van der Waals surface area contributed by atoms with E-state index in [1.54, 1.807) is 6.20 Å². The van der Waals surface area contributed by atoms with Crippen LogP contribution in [0.15, 0.2) is 17.0 Å². The van der Waals surface area contributed by atoms with Crippen LogP contribution in [0.4, 0.5) is 5.82 Å². The van der Waals surface area contributed by atoms with Gasteiger partial charge in [0.2, 0.25) is 0 Å². The lowest BCUT2D eigenvalue weighted by atomic mass is 10.1. The molecule has 108 valence electrons. The average molecular weight is 338 g/mol. The summed E-state index contributed by atoms with van der Waals surface area (Å²) in [6.07, 6.45) is 5.50. The number of hydrogen-bond donors (Lipinski definition) is 1. The molecule has 2 aromatic heterocycles. The van der Waals surface area contributed by atoms with Gasteiger partial charge in [0.05, 0.1) is 22.7 Å². The molecule has 0 amide bonds. The molecule has 2 N–H and O–H groups in total. The Morgan fingerprint density at radius 3 is 2.75 bits per heavy atom. The smallest absolute Gasteiger partial charge is 0.180 e. The van der Waals surface area contributed by atoms with E-state index in [2.05, 4.69) is 56.2 Å². The summed E-state index contributed by atoms with van der Waals surface area (Å²) in [4.78, 5) is 13.2. The van der Waals surface area contributed by atoms with Crippen LogP contribution >= 0.6 is 15.9 Å². The lowest BCUT2D eigenvalue weighted by Crippen LogP contribution is -2.07. The monoisotopic (exact) mass is 337 g/mol. The summed E-state index contributed by atoms with van der Waals surface area (Å²) in [6, 6.07) is 0. The number of rotatable bonds is 5. The molecule has 6 heteroatoms. The fourth-order valence-corrected chi connectivity index (χ4v) is 2.41. The first-order chi connectivity index (χ1) is 9.52. The van der Waals surface area contributed by atoms with Crippen LogP contribution in [0.25, 0.3) is 11.5 Å². The third-order valence-corrected chi connectivity index (χ3v) is 3.82. The summed E-state index contributed by atoms with van der Waals surface area (Å²) in [5.41, 5.74) is 7.86. The maximum Gasteiger partial charge on any atom is 0.180 e. The van der Waals surface area contributed by atoms with Crippen LogP contribution in [0.1, 0.15) is 32.9 Å². The van der Waals surface area contributed by atoms with Gasteiger partial charge in [0.1, 0.15) is 11.5 Å². The third kappa shape index (κ3) is 3.17. The van der Waals surface area contributed by atoms with Gasteiger partial charge in [0.15, 0.2) is 5.82 Å². The van der Waals surface area contributed by atoms with Crippen LogP contribution in [-0.4, -0.2) is 19.5 Å². The van der Waals surface area contributed by atoms with Crippen molar-refractivity contribution in [2.45, 2.75) is 40.2 Å². The van der Waals surface area contributed by atoms with Gasteiger partial charge in [-0.3, -0.25) is 0 Å². The van der Waals surface area contributed by atoms with Crippen LogP contribution in [0, 0.1) is 5.92 Å². The van der Waals surface area contributed by atoms with Crippen LogP contribution in [0.2, 0.25) is 0 Å². The second kappa shape index (κ2) is 6.35. The highest BCUT2D eigenvalue weighted by Crippen LogP contribution is 2.26. The molecule has 0 radical (unpaired) electrons. The van der Waals surface area contributed by atoms with Gasteiger partial charge in [-0.15, -0.1) is 0 Å². The Balaban J connectivity index is 2.46. The summed E-state index contributed by atoms with van der Waals surface area (Å²) in [7, 11) is 0. The Morgan fingerprint density at radius 1 is 1.35 bits per heavy atom. The van der Waals surface area contributed by atoms with E-state index in [0.717, 1.165) is 35.2 Å². The topological polar surface area (TPSA) is 69.6 Å². The number of nitrogens with zero attached hydrogens (tertiary/aromatic N) is 4. The predicted octanol–water partition coefficient (Wildman–Crippen LogP) is 3.29. The van der Waals surface area contributed by atoms with E-state index in [4.69, 9.17) is 5.73 Å². The molecule has 20 heavy (non-hydrogen) atoms. The van der Waals surface area contributed by atoms with Crippen molar-refractivity contribution in [1.82, 2.24) is 19.5 Å². The van der Waals surface area contributed by atoms with Crippen molar-refractivity contribution in [1.29, 1.82) is 0 Å². The molecule has 0 bridgehead atoms. The van der Waals surface area contributed by atoms with Gasteiger partial charge < -0.3 is 10.3 Å². The van der Waals surface area contributed by atoms with E-state index in [9.17, 15) is 0 Å². The summed E-state index contributed by atoms with van der Waals surface area (Å²) < 4.78 is 2.86. The lowest BCUT2D eigenvalue weighted by molar-refractivity contribution is 0.631. The van der Waals surface area contributed by atoms with Gasteiger partial charge in [-0.1, -0.05) is 20.8 Å².